The minimum Gasteiger partial charge on any atom is -0.410 e. The lowest BCUT2D eigenvalue weighted by Crippen LogP contribution is -2.35. The number of likely N-dealkylation sites (tertiary alicyclic amines) is 1. The van der Waals surface area contributed by atoms with E-state index in [0.717, 1.165) is 12.1 Å². The van der Waals surface area contributed by atoms with Crippen molar-refractivity contribution in [1.29, 1.82) is 0 Å². The second-order valence-corrected chi connectivity index (χ2v) is 4.53. The molecule has 1 fully saturated rings. The van der Waals surface area contributed by atoms with Gasteiger partial charge in [0.05, 0.1) is 5.56 Å². The first-order valence-electron chi connectivity index (χ1n) is 6.02. The van der Waals surface area contributed by atoms with E-state index in [-0.39, 0.29) is 17.3 Å². The van der Waals surface area contributed by atoms with E-state index in [2.05, 4.69) is 5.16 Å². The highest BCUT2D eigenvalue weighted by Gasteiger charge is 2.26. The molecule has 0 amide bonds. The van der Waals surface area contributed by atoms with Crippen LogP contribution in [0, 0.1) is 17.6 Å². The summed E-state index contributed by atoms with van der Waals surface area (Å²) in [6.45, 7) is 1.15. The Labute approximate surface area is 109 Å². The van der Waals surface area contributed by atoms with Gasteiger partial charge in [-0.2, -0.15) is 0 Å². The third-order valence-electron chi connectivity index (χ3n) is 3.31. The van der Waals surface area contributed by atoms with Crippen LogP contribution in [-0.2, 0) is 0 Å². The van der Waals surface area contributed by atoms with Crippen molar-refractivity contribution in [3.8, 4) is 0 Å². The van der Waals surface area contributed by atoms with Gasteiger partial charge in [-0.3, -0.25) is 4.79 Å². The van der Waals surface area contributed by atoms with Crippen LogP contribution in [0.3, 0.4) is 0 Å². The molecule has 6 heteroatoms. The molecule has 1 heterocycles. The van der Waals surface area contributed by atoms with Crippen LogP contribution in [0.2, 0.25) is 0 Å². The third-order valence-corrected chi connectivity index (χ3v) is 3.31. The van der Waals surface area contributed by atoms with Gasteiger partial charge in [-0.25, -0.2) is 8.78 Å². The largest absolute Gasteiger partial charge is 0.410 e. The smallest absolute Gasteiger partial charge is 0.169 e. The average Bonchev–Trinajstić information content (AvgIpc) is 2.39. The van der Waals surface area contributed by atoms with Crippen molar-refractivity contribution in [2.45, 2.75) is 12.8 Å². The zero-order chi connectivity index (χ0) is 13.8. The van der Waals surface area contributed by atoms with Crippen molar-refractivity contribution in [3.05, 3.63) is 35.4 Å². The van der Waals surface area contributed by atoms with Crippen LogP contribution in [0.4, 0.5) is 8.78 Å². The number of ketones is 1. The highest BCUT2D eigenvalue weighted by Crippen LogP contribution is 2.23. The Bertz CT molecular complexity index is 497. The quantitative estimate of drug-likeness (QED) is 0.301. The molecule has 0 saturated carbocycles. The topological polar surface area (TPSA) is 52.9 Å². The van der Waals surface area contributed by atoms with E-state index < -0.39 is 11.6 Å². The van der Waals surface area contributed by atoms with Gasteiger partial charge in [0.1, 0.15) is 18.0 Å². The molecule has 1 N–H and O–H groups in total. The Hall–Kier alpha value is -1.98. The predicted molar refractivity (Wildman–Crippen MR) is 65.3 cm³/mol. The Morgan fingerprint density at radius 3 is 2.63 bits per heavy atom. The summed E-state index contributed by atoms with van der Waals surface area (Å²) in [7, 11) is 0. The number of Topliss-reactive ketones (excluding diaryl/α,β-unsaturated/α-hetero) is 1. The molecule has 1 aliphatic heterocycles. The summed E-state index contributed by atoms with van der Waals surface area (Å²) >= 11 is 0. The first-order chi connectivity index (χ1) is 9.11. The minimum atomic E-state index is -0.815. The summed E-state index contributed by atoms with van der Waals surface area (Å²) in [5, 5.41) is 11.3. The van der Waals surface area contributed by atoms with E-state index in [1.54, 1.807) is 4.90 Å². The van der Waals surface area contributed by atoms with Crippen molar-refractivity contribution in [2.75, 3.05) is 13.1 Å². The van der Waals surface area contributed by atoms with Gasteiger partial charge in [-0.1, -0.05) is 5.16 Å². The van der Waals surface area contributed by atoms with E-state index in [9.17, 15) is 13.6 Å². The highest BCUT2D eigenvalue weighted by molar-refractivity contribution is 5.98. The van der Waals surface area contributed by atoms with Crippen molar-refractivity contribution in [3.63, 3.8) is 0 Å². The normalized spacial score (nSPS) is 17.1. The SMILES string of the molecule is O=C(c1ccc(F)cc1F)C1CCN(C=NO)CC1. The van der Waals surface area contributed by atoms with Crippen molar-refractivity contribution >= 4 is 12.1 Å². The Morgan fingerprint density at radius 2 is 2.05 bits per heavy atom. The molecule has 4 nitrogen and oxygen atoms in total. The zero-order valence-corrected chi connectivity index (χ0v) is 10.2. The summed E-state index contributed by atoms with van der Waals surface area (Å²) in [4.78, 5) is 13.9. The molecule has 0 aliphatic carbocycles. The summed E-state index contributed by atoms with van der Waals surface area (Å²) < 4.78 is 26.3. The van der Waals surface area contributed by atoms with Crippen LogP contribution in [0.15, 0.2) is 23.4 Å². The fourth-order valence-corrected chi connectivity index (χ4v) is 2.26. The molecule has 0 aromatic heterocycles. The second-order valence-electron chi connectivity index (χ2n) is 4.53. The van der Waals surface area contributed by atoms with Gasteiger partial charge in [0.25, 0.3) is 0 Å². The first-order valence-corrected chi connectivity index (χ1v) is 6.02. The maximum Gasteiger partial charge on any atom is 0.169 e. The molecule has 102 valence electrons. The Balaban J connectivity index is 2.05. The summed E-state index contributed by atoms with van der Waals surface area (Å²) in [6, 6.07) is 3.00. The van der Waals surface area contributed by atoms with Crippen molar-refractivity contribution in [2.24, 2.45) is 11.1 Å². The van der Waals surface area contributed by atoms with Crippen LogP contribution in [0.1, 0.15) is 23.2 Å². The maximum absolute atomic E-state index is 13.5. The minimum absolute atomic E-state index is 0.0596. The van der Waals surface area contributed by atoms with Gasteiger partial charge in [0.15, 0.2) is 5.78 Å². The molecule has 0 spiro atoms. The van der Waals surface area contributed by atoms with Gasteiger partial charge < -0.3 is 10.1 Å². The number of carbonyl (C=O) groups excluding carboxylic acids is 1. The summed E-state index contributed by atoms with van der Waals surface area (Å²) in [5.41, 5.74) is -0.0596. The monoisotopic (exact) mass is 268 g/mol. The number of halogens is 2. The first kappa shape index (κ1) is 13.5. The fourth-order valence-electron chi connectivity index (χ4n) is 2.26. The fraction of sp³-hybridized carbons (Fsp3) is 0.385. The number of oxime groups is 1. The van der Waals surface area contributed by atoms with E-state index >= 15 is 0 Å². The maximum atomic E-state index is 13.5. The molecule has 1 saturated heterocycles. The zero-order valence-electron chi connectivity index (χ0n) is 10.2. The molecule has 0 bridgehead atoms. The number of hydrogen-bond acceptors (Lipinski definition) is 3. The van der Waals surface area contributed by atoms with Crippen LogP contribution >= 0.6 is 0 Å². The Morgan fingerprint density at radius 1 is 1.37 bits per heavy atom. The average molecular weight is 268 g/mol. The van der Waals surface area contributed by atoms with Crippen LogP contribution < -0.4 is 0 Å². The number of hydrogen-bond donors (Lipinski definition) is 1. The van der Waals surface area contributed by atoms with Crippen LogP contribution in [0.25, 0.3) is 0 Å². The van der Waals surface area contributed by atoms with Gasteiger partial charge >= 0.3 is 0 Å². The van der Waals surface area contributed by atoms with E-state index in [4.69, 9.17) is 5.21 Å². The van der Waals surface area contributed by atoms with Crippen LogP contribution in [0.5, 0.6) is 0 Å². The van der Waals surface area contributed by atoms with Gasteiger partial charge in [0.2, 0.25) is 0 Å². The molecule has 0 atom stereocenters. The lowest BCUT2D eigenvalue weighted by molar-refractivity contribution is 0.0868. The summed E-state index contributed by atoms with van der Waals surface area (Å²) in [6.07, 6.45) is 2.42. The molecule has 1 aliphatic rings. The lowest BCUT2D eigenvalue weighted by Gasteiger charge is -2.29. The molecular formula is C13H14F2N2O2. The van der Waals surface area contributed by atoms with Crippen LogP contribution in [-0.4, -0.2) is 35.3 Å². The van der Waals surface area contributed by atoms with Gasteiger partial charge in [-0.05, 0) is 25.0 Å². The number of rotatable bonds is 3. The molecule has 0 radical (unpaired) electrons. The Kier molecular flexibility index (Phi) is 4.09. The van der Waals surface area contributed by atoms with Gasteiger partial charge in [-0.15, -0.1) is 0 Å². The lowest BCUT2D eigenvalue weighted by atomic mass is 9.89. The van der Waals surface area contributed by atoms with E-state index in [1.165, 1.54) is 12.4 Å². The predicted octanol–water partition coefficient (Wildman–Crippen LogP) is 2.28. The highest BCUT2D eigenvalue weighted by atomic mass is 19.1. The molecule has 0 unspecified atom stereocenters. The number of carbonyl (C=O) groups is 1. The number of nitrogens with zero attached hydrogens (tertiary/aromatic N) is 2. The second kappa shape index (κ2) is 5.77. The van der Waals surface area contributed by atoms with Crippen molar-refractivity contribution < 1.29 is 18.8 Å². The van der Waals surface area contributed by atoms with E-state index in [1.807, 2.05) is 0 Å². The molecule has 1 aromatic rings. The number of benzene rings is 1. The molecular weight excluding hydrogens is 254 g/mol. The summed E-state index contributed by atoms with van der Waals surface area (Å²) in [5.74, 6) is -2.08. The van der Waals surface area contributed by atoms with E-state index in [0.29, 0.717) is 25.9 Å². The third kappa shape index (κ3) is 3.07. The van der Waals surface area contributed by atoms with Crippen molar-refractivity contribution in [1.82, 2.24) is 4.90 Å². The molecule has 1 aromatic carbocycles. The molecule has 2 rings (SSSR count). The number of piperidine rings is 1. The molecule has 19 heavy (non-hydrogen) atoms. The standard InChI is InChI=1S/C13H14F2N2O2/c14-10-1-2-11(12(15)7-10)13(18)9-3-5-17(6-4-9)8-16-19/h1-2,7-9,19H,3-6H2. The van der Waals surface area contributed by atoms with Gasteiger partial charge in [0, 0.05) is 25.1 Å².